The molecular formula is C18H17NO2. The van der Waals surface area contributed by atoms with Crippen molar-refractivity contribution in [3.63, 3.8) is 0 Å². The molecule has 3 aromatic rings. The van der Waals surface area contributed by atoms with Gasteiger partial charge in [-0.05, 0) is 48.4 Å². The highest BCUT2D eigenvalue weighted by Gasteiger charge is 2.17. The van der Waals surface area contributed by atoms with Crippen LogP contribution in [-0.4, -0.2) is 15.6 Å². The van der Waals surface area contributed by atoms with Gasteiger partial charge < -0.3 is 9.67 Å². The highest BCUT2D eigenvalue weighted by molar-refractivity contribution is 5.90. The van der Waals surface area contributed by atoms with Gasteiger partial charge >= 0.3 is 5.97 Å². The molecule has 106 valence electrons. The van der Waals surface area contributed by atoms with E-state index in [9.17, 15) is 9.90 Å². The van der Waals surface area contributed by atoms with Crippen LogP contribution in [0, 0.1) is 0 Å². The largest absolute Gasteiger partial charge is 0.477 e. The second kappa shape index (κ2) is 5.09. The zero-order valence-corrected chi connectivity index (χ0v) is 12.1. The van der Waals surface area contributed by atoms with Gasteiger partial charge in [-0.1, -0.05) is 36.4 Å². The molecular weight excluding hydrogens is 262 g/mol. The van der Waals surface area contributed by atoms with Crippen LogP contribution in [0.1, 0.15) is 30.4 Å². The van der Waals surface area contributed by atoms with Gasteiger partial charge in [0.1, 0.15) is 5.69 Å². The Morgan fingerprint density at radius 2 is 1.71 bits per heavy atom. The Morgan fingerprint density at radius 1 is 1.00 bits per heavy atom. The molecule has 3 nitrogen and oxygen atoms in total. The Labute approximate surface area is 123 Å². The number of hydrogen-bond donors (Lipinski definition) is 1. The van der Waals surface area contributed by atoms with Crippen molar-refractivity contribution in [2.24, 2.45) is 0 Å². The molecule has 3 rings (SSSR count). The quantitative estimate of drug-likeness (QED) is 0.762. The van der Waals surface area contributed by atoms with E-state index in [1.54, 1.807) is 6.07 Å². The van der Waals surface area contributed by atoms with Crippen molar-refractivity contribution in [2.75, 3.05) is 0 Å². The topological polar surface area (TPSA) is 42.2 Å². The van der Waals surface area contributed by atoms with Gasteiger partial charge in [0.15, 0.2) is 0 Å². The van der Waals surface area contributed by atoms with Gasteiger partial charge in [0.25, 0.3) is 0 Å². The van der Waals surface area contributed by atoms with Gasteiger partial charge in [0.2, 0.25) is 0 Å². The second-order valence-electron chi connectivity index (χ2n) is 5.43. The fraction of sp³-hybridized carbons (Fsp3) is 0.167. The lowest BCUT2D eigenvalue weighted by Gasteiger charge is -2.16. The first-order valence-electron chi connectivity index (χ1n) is 7.01. The summed E-state index contributed by atoms with van der Waals surface area (Å²) in [5.74, 6) is -0.893. The van der Waals surface area contributed by atoms with Crippen molar-refractivity contribution in [3.8, 4) is 11.3 Å². The van der Waals surface area contributed by atoms with Crippen LogP contribution in [0.25, 0.3) is 22.0 Å². The van der Waals surface area contributed by atoms with Crippen LogP contribution in [0.4, 0.5) is 0 Å². The summed E-state index contributed by atoms with van der Waals surface area (Å²) < 4.78 is 1.87. The molecule has 0 atom stereocenters. The summed E-state index contributed by atoms with van der Waals surface area (Å²) in [6.07, 6.45) is 0. The van der Waals surface area contributed by atoms with E-state index >= 15 is 0 Å². The minimum atomic E-state index is -0.893. The average Bonchev–Trinajstić information content (AvgIpc) is 2.92. The zero-order chi connectivity index (χ0) is 15.0. The Bertz CT molecular complexity index is 815. The van der Waals surface area contributed by atoms with Crippen molar-refractivity contribution in [3.05, 3.63) is 60.3 Å². The van der Waals surface area contributed by atoms with E-state index in [0.717, 1.165) is 16.6 Å². The summed E-state index contributed by atoms with van der Waals surface area (Å²) in [5.41, 5.74) is 2.30. The molecule has 1 heterocycles. The van der Waals surface area contributed by atoms with Gasteiger partial charge in [0, 0.05) is 11.7 Å². The zero-order valence-electron chi connectivity index (χ0n) is 12.1. The lowest BCUT2D eigenvalue weighted by atomic mass is 10.0. The van der Waals surface area contributed by atoms with E-state index in [2.05, 4.69) is 24.3 Å². The van der Waals surface area contributed by atoms with E-state index in [1.807, 2.05) is 42.7 Å². The third-order valence-electron chi connectivity index (χ3n) is 3.70. The molecule has 0 fully saturated rings. The number of hydrogen-bond acceptors (Lipinski definition) is 1. The van der Waals surface area contributed by atoms with Crippen molar-refractivity contribution in [2.45, 2.75) is 19.9 Å². The SMILES string of the molecule is CC(C)n1c(C(=O)O)ccc1-c1ccc2ccccc2c1. The van der Waals surface area contributed by atoms with Crippen LogP contribution in [0.2, 0.25) is 0 Å². The smallest absolute Gasteiger partial charge is 0.352 e. The third kappa shape index (κ3) is 2.31. The molecule has 1 N–H and O–H groups in total. The van der Waals surface area contributed by atoms with Crippen LogP contribution in [0.15, 0.2) is 54.6 Å². The number of carboxylic acids is 1. The number of carbonyl (C=O) groups is 1. The summed E-state index contributed by atoms with van der Waals surface area (Å²) in [4.78, 5) is 11.4. The van der Waals surface area contributed by atoms with E-state index in [1.165, 1.54) is 5.39 Å². The van der Waals surface area contributed by atoms with Gasteiger partial charge in [-0.25, -0.2) is 4.79 Å². The Morgan fingerprint density at radius 3 is 2.38 bits per heavy atom. The Kier molecular flexibility index (Phi) is 3.26. The van der Waals surface area contributed by atoms with Gasteiger partial charge in [-0.3, -0.25) is 0 Å². The Hall–Kier alpha value is -2.55. The molecule has 0 saturated heterocycles. The predicted molar refractivity (Wildman–Crippen MR) is 84.7 cm³/mol. The van der Waals surface area contributed by atoms with Crippen molar-refractivity contribution in [1.82, 2.24) is 4.57 Å². The van der Waals surface area contributed by atoms with E-state index in [0.29, 0.717) is 5.69 Å². The predicted octanol–water partition coefficient (Wildman–Crippen LogP) is 4.59. The fourth-order valence-corrected chi connectivity index (χ4v) is 2.76. The van der Waals surface area contributed by atoms with E-state index in [-0.39, 0.29) is 6.04 Å². The number of aromatic carboxylic acids is 1. The van der Waals surface area contributed by atoms with Crippen LogP contribution < -0.4 is 0 Å². The van der Waals surface area contributed by atoms with Gasteiger partial charge in [-0.15, -0.1) is 0 Å². The fourth-order valence-electron chi connectivity index (χ4n) is 2.76. The number of rotatable bonds is 3. The monoisotopic (exact) mass is 279 g/mol. The van der Waals surface area contributed by atoms with Crippen LogP contribution in [0.5, 0.6) is 0 Å². The second-order valence-corrected chi connectivity index (χ2v) is 5.43. The first-order chi connectivity index (χ1) is 10.1. The van der Waals surface area contributed by atoms with Crippen LogP contribution >= 0.6 is 0 Å². The van der Waals surface area contributed by atoms with E-state index in [4.69, 9.17) is 0 Å². The minimum Gasteiger partial charge on any atom is -0.477 e. The summed E-state index contributed by atoms with van der Waals surface area (Å²) in [5, 5.41) is 11.7. The molecule has 0 aliphatic heterocycles. The molecule has 0 unspecified atom stereocenters. The normalized spacial score (nSPS) is 11.2. The number of fused-ring (bicyclic) bond motifs is 1. The number of aromatic nitrogens is 1. The van der Waals surface area contributed by atoms with Crippen molar-refractivity contribution < 1.29 is 9.90 Å². The van der Waals surface area contributed by atoms with E-state index < -0.39 is 5.97 Å². The van der Waals surface area contributed by atoms with Gasteiger partial charge in [0.05, 0.1) is 0 Å². The summed E-state index contributed by atoms with van der Waals surface area (Å²) in [7, 11) is 0. The summed E-state index contributed by atoms with van der Waals surface area (Å²) >= 11 is 0. The molecule has 0 amide bonds. The lowest BCUT2D eigenvalue weighted by molar-refractivity contribution is 0.0683. The maximum absolute atomic E-state index is 11.4. The molecule has 3 heteroatoms. The average molecular weight is 279 g/mol. The highest BCUT2D eigenvalue weighted by atomic mass is 16.4. The maximum atomic E-state index is 11.4. The van der Waals surface area contributed by atoms with Crippen molar-refractivity contribution >= 4 is 16.7 Å². The van der Waals surface area contributed by atoms with Crippen LogP contribution in [-0.2, 0) is 0 Å². The molecule has 0 aliphatic rings. The highest BCUT2D eigenvalue weighted by Crippen LogP contribution is 2.29. The molecule has 0 radical (unpaired) electrons. The molecule has 21 heavy (non-hydrogen) atoms. The first kappa shape index (κ1) is 13.4. The first-order valence-corrected chi connectivity index (χ1v) is 7.01. The summed E-state index contributed by atoms with van der Waals surface area (Å²) in [6.45, 7) is 3.99. The van der Waals surface area contributed by atoms with Crippen LogP contribution in [0.3, 0.4) is 0 Å². The number of nitrogens with zero attached hydrogens (tertiary/aromatic N) is 1. The van der Waals surface area contributed by atoms with Gasteiger partial charge in [-0.2, -0.15) is 0 Å². The molecule has 2 aromatic carbocycles. The lowest BCUT2D eigenvalue weighted by Crippen LogP contribution is -2.11. The minimum absolute atomic E-state index is 0.0903. The number of carboxylic acid groups (broad SMARTS) is 1. The third-order valence-corrected chi connectivity index (χ3v) is 3.70. The molecule has 0 spiro atoms. The molecule has 0 aliphatic carbocycles. The summed E-state index contributed by atoms with van der Waals surface area (Å²) in [6, 6.07) is 18.0. The molecule has 0 bridgehead atoms. The molecule has 1 aromatic heterocycles. The maximum Gasteiger partial charge on any atom is 0.352 e. The standard InChI is InChI=1S/C18H17NO2/c1-12(2)19-16(9-10-17(19)18(20)21)15-8-7-13-5-3-4-6-14(13)11-15/h3-12H,1-2H3,(H,20,21). The molecule has 0 saturated carbocycles. The number of benzene rings is 2. The van der Waals surface area contributed by atoms with Crippen molar-refractivity contribution in [1.29, 1.82) is 0 Å². The Balaban J connectivity index is 2.20.